The van der Waals surface area contributed by atoms with E-state index in [4.69, 9.17) is 22.2 Å². The number of rotatable bonds is 2. The van der Waals surface area contributed by atoms with Crippen LogP contribution in [0, 0.1) is 22.0 Å². The van der Waals surface area contributed by atoms with E-state index < -0.39 is 0 Å². The number of nitriles is 1. The van der Waals surface area contributed by atoms with Crippen molar-refractivity contribution in [3.8, 4) is 6.07 Å². The molecule has 0 spiro atoms. The lowest BCUT2D eigenvalue weighted by Gasteiger charge is -2.15. The summed E-state index contributed by atoms with van der Waals surface area (Å²) in [6, 6.07) is 7.78. The number of hydrogen-bond donors (Lipinski definition) is 1. The second kappa shape index (κ2) is 4.80. The number of H-pyrrole nitrogens is 1. The lowest BCUT2D eigenvalue weighted by Crippen LogP contribution is -2.17. The number of nitrogens with zero attached hydrogens (tertiary/aromatic N) is 2. The Morgan fingerprint density at radius 2 is 2.42 bits per heavy atom. The zero-order valence-electron chi connectivity index (χ0n) is 10.7. The molecule has 2 unspecified atom stereocenters. The van der Waals surface area contributed by atoms with Gasteiger partial charge in [-0.3, -0.25) is 0 Å². The van der Waals surface area contributed by atoms with Crippen molar-refractivity contribution < 1.29 is 4.74 Å². The number of hydrogen-bond acceptors (Lipinski definition) is 3. The quantitative estimate of drug-likeness (QED) is 0.856. The minimum Gasteiger partial charge on any atom is -0.378 e. The van der Waals surface area contributed by atoms with Crippen molar-refractivity contribution in [3.05, 3.63) is 28.5 Å². The van der Waals surface area contributed by atoms with Crippen LogP contribution >= 0.6 is 12.2 Å². The molecule has 4 nitrogen and oxygen atoms in total. The normalized spacial score (nSPS) is 22.7. The maximum atomic E-state index is 9.01. The van der Waals surface area contributed by atoms with Crippen LogP contribution in [0.2, 0.25) is 0 Å². The van der Waals surface area contributed by atoms with E-state index in [0.717, 1.165) is 30.6 Å². The van der Waals surface area contributed by atoms with E-state index in [1.165, 1.54) is 0 Å². The summed E-state index contributed by atoms with van der Waals surface area (Å²) in [6.07, 6.45) is 1.33. The predicted octanol–water partition coefficient (Wildman–Crippen LogP) is 3.00. The predicted molar refractivity (Wildman–Crippen MR) is 75.4 cm³/mol. The first-order valence-electron chi connectivity index (χ1n) is 6.43. The van der Waals surface area contributed by atoms with Crippen LogP contribution in [-0.4, -0.2) is 22.3 Å². The van der Waals surface area contributed by atoms with Crippen LogP contribution in [0.1, 0.15) is 18.9 Å². The number of imidazole rings is 1. The molecule has 2 atom stereocenters. The molecular formula is C14H15N3OS. The van der Waals surface area contributed by atoms with E-state index in [1.807, 2.05) is 12.1 Å². The third kappa shape index (κ3) is 2.18. The summed E-state index contributed by atoms with van der Waals surface area (Å²) < 4.78 is 8.40. The minimum absolute atomic E-state index is 0.269. The highest BCUT2D eigenvalue weighted by Gasteiger charge is 2.25. The van der Waals surface area contributed by atoms with Crippen LogP contribution in [-0.2, 0) is 11.3 Å². The molecule has 0 amide bonds. The summed E-state index contributed by atoms with van der Waals surface area (Å²) >= 11 is 5.39. The first-order valence-corrected chi connectivity index (χ1v) is 6.84. The molecule has 0 aliphatic carbocycles. The van der Waals surface area contributed by atoms with Crippen LogP contribution in [0.15, 0.2) is 18.2 Å². The Balaban J connectivity index is 2.04. The maximum Gasteiger partial charge on any atom is 0.178 e. The average molecular weight is 273 g/mol. The first kappa shape index (κ1) is 12.4. The molecule has 1 aromatic heterocycles. The number of nitrogens with one attached hydrogen (secondary N) is 1. The van der Waals surface area contributed by atoms with E-state index in [-0.39, 0.29) is 6.10 Å². The van der Waals surface area contributed by atoms with Gasteiger partial charge in [0.25, 0.3) is 0 Å². The highest BCUT2D eigenvalue weighted by Crippen LogP contribution is 2.25. The number of fused-ring (bicyclic) bond motifs is 1. The maximum absolute atomic E-state index is 9.01. The smallest absolute Gasteiger partial charge is 0.178 e. The van der Waals surface area contributed by atoms with Gasteiger partial charge in [-0.05, 0) is 43.8 Å². The second-order valence-electron chi connectivity index (χ2n) is 5.01. The molecule has 1 fully saturated rings. The van der Waals surface area contributed by atoms with Gasteiger partial charge in [0.15, 0.2) is 4.77 Å². The molecular weight excluding hydrogens is 258 g/mol. The Kier molecular flexibility index (Phi) is 3.13. The van der Waals surface area contributed by atoms with E-state index in [2.05, 4.69) is 22.5 Å². The van der Waals surface area contributed by atoms with Gasteiger partial charge in [-0.2, -0.15) is 5.26 Å². The molecule has 98 valence electrons. The number of aromatic nitrogens is 2. The third-order valence-electron chi connectivity index (χ3n) is 3.85. The van der Waals surface area contributed by atoms with Crippen LogP contribution in [0.4, 0.5) is 0 Å². The van der Waals surface area contributed by atoms with Crippen molar-refractivity contribution in [3.63, 3.8) is 0 Å². The van der Waals surface area contributed by atoms with E-state index in [1.54, 1.807) is 6.07 Å². The van der Waals surface area contributed by atoms with Crippen molar-refractivity contribution in [2.75, 3.05) is 6.61 Å². The van der Waals surface area contributed by atoms with Gasteiger partial charge in [-0.15, -0.1) is 0 Å². The Morgan fingerprint density at radius 1 is 1.58 bits per heavy atom. The fraction of sp³-hybridized carbons (Fsp3) is 0.429. The standard InChI is InChI=1S/C14H15N3OS/c1-9-11(4-5-18-9)8-17-13-6-10(7-15)2-3-12(13)16-14(17)19/h2-3,6,9,11H,4-5,8H2,1H3,(H,16,19). The van der Waals surface area contributed by atoms with E-state index >= 15 is 0 Å². The molecule has 2 aromatic rings. The Hall–Kier alpha value is -1.64. The number of aromatic amines is 1. The lowest BCUT2D eigenvalue weighted by atomic mass is 10.0. The molecule has 19 heavy (non-hydrogen) atoms. The van der Waals surface area contributed by atoms with Gasteiger partial charge >= 0.3 is 0 Å². The molecule has 3 rings (SSSR count). The lowest BCUT2D eigenvalue weighted by molar-refractivity contribution is 0.102. The molecule has 0 bridgehead atoms. The topological polar surface area (TPSA) is 53.7 Å². The van der Waals surface area contributed by atoms with Crippen molar-refractivity contribution in [1.29, 1.82) is 5.26 Å². The zero-order chi connectivity index (χ0) is 13.4. The molecule has 1 saturated heterocycles. The number of ether oxygens (including phenoxy) is 1. The molecule has 2 heterocycles. The summed E-state index contributed by atoms with van der Waals surface area (Å²) in [4.78, 5) is 3.19. The molecule has 1 aliphatic heterocycles. The van der Waals surface area contributed by atoms with Gasteiger partial charge in [0.2, 0.25) is 0 Å². The van der Waals surface area contributed by atoms with Gasteiger partial charge in [-0.1, -0.05) is 0 Å². The van der Waals surface area contributed by atoms with Gasteiger partial charge in [0.05, 0.1) is 28.8 Å². The SMILES string of the molecule is CC1OCCC1Cn1c(=S)[nH]c2ccc(C#N)cc21. The van der Waals surface area contributed by atoms with Gasteiger partial charge < -0.3 is 14.3 Å². The molecule has 1 aliphatic rings. The van der Waals surface area contributed by atoms with Crippen molar-refractivity contribution >= 4 is 23.3 Å². The van der Waals surface area contributed by atoms with Crippen LogP contribution in [0.5, 0.6) is 0 Å². The second-order valence-corrected chi connectivity index (χ2v) is 5.40. The number of benzene rings is 1. The first-order chi connectivity index (χ1) is 9.19. The van der Waals surface area contributed by atoms with Crippen molar-refractivity contribution in [1.82, 2.24) is 9.55 Å². The van der Waals surface area contributed by atoms with E-state index in [0.29, 0.717) is 16.3 Å². The Labute approximate surface area is 116 Å². The third-order valence-corrected chi connectivity index (χ3v) is 4.18. The molecule has 0 saturated carbocycles. The molecule has 0 radical (unpaired) electrons. The summed E-state index contributed by atoms with van der Waals surface area (Å²) in [7, 11) is 0. The monoisotopic (exact) mass is 273 g/mol. The molecule has 1 N–H and O–H groups in total. The zero-order valence-corrected chi connectivity index (χ0v) is 11.5. The van der Waals surface area contributed by atoms with Crippen molar-refractivity contribution in [2.24, 2.45) is 5.92 Å². The van der Waals surface area contributed by atoms with Crippen LogP contribution in [0.25, 0.3) is 11.0 Å². The van der Waals surface area contributed by atoms with Gasteiger partial charge in [0.1, 0.15) is 0 Å². The van der Waals surface area contributed by atoms with Crippen molar-refractivity contribution in [2.45, 2.75) is 26.0 Å². The highest BCUT2D eigenvalue weighted by atomic mass is 32.1. The average Bonchev–Trinajstić information content (AvgIpc) is 2.94. The largest absolute Gasteiger partial charge is 0.378 e. The fourth-order valence-corrected chi connectivity index (χ4v) is 2.94. The summed E-state index contributed by atoms with van der Waals surface area (Å²) in [5.41, 5.74) is 2.64. The molecule has 1 aromatic carbocycles. The van der Waals surface area contributed by atoms with Crippen LogP contribution < -0.4 is 0 Å². The summed E-state index contributed by atoms with van der Waals surface area (Å²) in [6.45, 7) is 3.77. The summed E-state index contributed by atoms with van der Waals surface area (Å²) in [5.74, 6) is 0.483. The Morgan fingerprint density at radius 3 is 3.11 bits per heavy atom. The fourth-order valence-electron chi connectivity index (χ4n) is 2.65. The van der Waals surface area contributed by atoms with Crippen LogP contribution in [0.3, 0.4) is 0 Å². The highest BCUT2D eigenvalue weighted by molar-refractivity contribution is 7.71. The van der Waals surface area contributed by atoms with Gasteiger partial charge in [0, 0.05) is 19.1 Å². The van der Waals surface area contributed by atoms with Gasteiger partial charge in [-0.25, -0.2) is 0 Å². The van der Waals surface area contributed by atoms with E-state index in [9.17, 15) is 0 Å². The molecule has 5 heteroatoms. The summed E-state index contributed by atoms with van der Waals surface area (Å²) in [5, 5.41) is 9.01. The minimum atomic E-state index is 0.269. The Bertz CT molecular complexity index is 710.